The summed E-state index contributed by atoms with van der Waals surface area (Å²) in [5.74, 6) is 0.308. The Bertz CT molecular complexity index is 460. The molecule has 4 heteroatoms. The Labute approximate surface area is 100 Å². The molecule has 0 saturated carbocycles. The van der Waals surface area contributed by atoms with Crippen molar-refractivity contribution in [1.82, 2.24) is 10.2 Å². The van der Waals surface area contributed by atoms with E-state index in [0.29, 0.717) is 18.0 Å². The number of amides is 1. The molecule has 1 aromatic rings. The number of likely N-dealkylation sites (tertiary alicyclic amines) is 1. The molecule has 1 saturated heterocycles. The minimum atomic E-state index is -0.492. The second-order valence-electron chi connectivity index (χ2n) is 4.94. The smallest absolute Gasteiger partial charge is 0.251 e. The van der Waals surface area contributed by atoms with Gasteiger partial charge in [0.1, 0.15) is 6.23 Å². The van der Waals surface area contributed by atoms with Crippen LogP contribution in [0.2, 0.25) is 0 Å². The number of hydrogen-bond donors (Lipinski definition) is 2. The number of nitrogens with one attached hydrogen (secondary N) is 1. The molecule has 3 atom stereocenters. The molecule has 3 unspecified atom stereocenters. The van der Waals surface area contributed by atoms with Gasteiger partial charge in [0.15, 0.2) is 0 Å². The summed E-state index contributed by atoms with van der Waals surface area (Å²) in [7, 11) is 1.92. The van der Waals surface area contributed by atoms with Crippen LogP contribution in [-0.2, 0) is 0 Å². The highest BCUT2D eigenvalue weighted by atomic mass is 16.3. The highest BCUT2D eigenvalue weighted by molar-refractivity contribution is 5.96. The van der Waals surface area contributed by atoms with Crippen molar-refractivity contribution < 1.29 is 9.90 Å². The summed E-state index contributed by atoms with van der Waals surface area (Å²) in [6.07, 6.45) is -0.492. The normalized spacial score (nSPS) is 32.6. The van der Waals surface area contributed by atoms with E-state index >= 15 is 0 Å². The van der Waals surface area contributed by atoms with Crippen molar-refractivity contribution in [2.75, 3.05) is 20.1 Å². The Morgan fingerprint density at radius 1 is 1.41 bits per heavy atom. The predicted octanol–water partition coefficient (Wildman–Crippen LogP) is 0.394. The molecule has 4 nitrogen and oxygen atoms in total. The number of fused-ring (bicyclic) bond motifs is 3. The standard InChI is InChI=1S/C13H16N2O2/c1-15-7-8-6-14-12(16)10-5-3-2-4-9(10)11(8)13(15)17/h2-5,8,11,13,17H,6-7H2,1H3,(H,14,16). The SMILES string of the molecule is CN1CC2CNC(=O)c3ccccc3C2C1O. The summed E-state index contributed by atoms with van der Waals surface area (Å²) in [6.45, 7) is 1.46. The molecule has 0 aliphatic carbocycles. The van der Waals surface area contributed by atoms with Crippen molar-refractivity contribution >= 4 is 5.91 Å². The van der Waals surface area contributed by atoms with E-state index in [0.717, 1.165) is 12.1 Å². The lowest BCUT2D eigenvalue weighted by molar-refractivity contribution is 0.0436. The van der Waals surface area contributed by atoms with Gasteiger partial charge in [-0.15, -0.1) is 0 Å². The van der Waals surface area contributed by atoms with Gasteiger partial charge in [-0.25, -0.2) is 0 Å². The van der Waals surface area contributed by atoms with Crippen LogP contribution in [-0.4, -0.2) is 42.3 Å². The van der Waals surface area contributed by atoms with E-state index in [1.807, 2.05) is 36.2 Å². The first-order valence-corrected chi connectivity index (χ1v) is 5.94. The molecule has 0 radical (unpaired) electrons. The molecule has 3 rings (SSSR count). The Balaban J connectivity index is 2.11. The van der Waals surface area contributed by atoms with Crippen molar-refractivity contribution in [1.29, 1.82) is 0 Å². The van der Waals surface area contributed by atoms with E-state index in [9.17, 15) is 9.90 Å². The number of carbonyl (C=O) groups is 1. The molecule has 2 aliphatic heterocycles. The summed E-state index contributed by atoms with van der Waals surface area (Å²) >= 11 is 0. The van der Waals surface area contributed by atoms with Gasteiger partial charge >= 0.3 is 0 Å². The van der Waals surface area contributed by atoms with Crippen LogP contribution in [0.3, 0.4) is 0 Å². The van der Waals surface area contributed by atoms with Gasteiger partial charge in [-0.1, -0.05) is 18.2 Å². The first-order valence-electron chi connectivity index (χ1n) is 5.94. The van der Waals surface area contributed by atoms with Crippen LogP contribution in [0.15, 0.2) is 24.3 Å². The third kappa shape index (κ3) is 1.56. The van der Waals surface area contributed by atoms with Crippen molar-refractivity contribution in [3.63, 3.8) is 0 Å². The average molecular weight is 232 g/mol. The first kappa shape index (κ1) is 10.7. The van der Waals surface area contributed by atoms with Gasteiger partial charge in [-0.3, -0.25) is 9.69 Å². The fourth-order valence-corrected chi connectivity index (χ4v) is 3.03. The van der Waals surface area contributed by atoms with Crippen molar-refractivity contribution in [2.45, 2.75) is 12.1 Å². The molecule has 90 valence electrons. The second-order valence-corrected chi connectivity index (χ2v) is 4.94. The monoisotopic (exact) mass is 232 g/mol. The summed E-state index contributed by atoms with van der Waals surface area (Å²) < 4.78 is 0. The Kier molecular flexibility index (Phi) is 2.42. The number of aliphatic hydroxyl groups excluding tert-OH is 1. The number of hydrogen-bond acceptors (Lipinski definition) is 3. The van der Waals surface area contributed by atoms with Gasteiger partial charge in [-0.2, -0.15) is 0 Å². The zero-order valence-corrected chi connectivity index (χ0v) is 9.76. The van der Waals surface area contributed by atoms with E-state index in [1.54, 1.807) is 0 Å². The van der Waals surface area contributed by atoms with E-state index in [-0.39, 0.29) is 11.8 Å². The van der Waals surface area contributed by atoms with Crippen LogP contribution in [0.5, 0.6) is 0 Å². The number of aliphatic hydroxyl groups is 1. The minimum absolute atomic E-state index is 0.0233. The Hall–Kier alpha value is -1.39. The lowest BCUT2D eigenvalue weighted by Crippen LogP contribution is -2.29. The van der Waals surface area contributed by atoms with Gasteiger partial charge in [0.2, 0.25) is 0 Å². The molecular formula is C13H16N2O2. The van der Waals surface area contributed by atoms with Gasteiger partial charge < -0.3 is 10.4 Å². The topological polar surface area (TPSA) is 52.6 Å². The fraction of sp³-hybridized carbons (Fsp3) is 0.462. The van der Waals surface area contributed by atoms with Crippen LogP contribution in [0.4, 0.5) is 0 Å². The summed E-state index contributed by atoms with van der Waals surface area (Å²) in [6, 6.07) is 7.59. The van der Waals surface area contributed by atoms with E-state index in [4.69, 9.17) is 0 Å². The molecule has 0 aromatic heterocycles. The maximum absolute atomic E-state index is 11.9. The van der Waals surface area contributed by atoms with E-state index < -0.39 is 6.23 Å². The molecule has 2 heterocycles. The number of carbonyl (C=O) groups excluding carboxylic acids is 1. The molecule has 1 aromatic carbocycles. The lowest BCUT2D eigenvalue weighted by atomic mass is 9.86. The minimum Gasteiger partial charge on any atom is -0.378 e. The summed E-state index contributed by atoms with van der Waals surface area (Å²) in [5.41, 5.74) is 1.68. The zero-order chi connectivity index (χ0) is 12.0. The van der Waals surface area contributed by atoms with E-state index in [1.165, 1.54) is 0 Å². The largest absolute Gasteiger partial charge is 0.378 e. The molecule has 1 amide bonds. The van der Waals surface area contributed by atoms with Gasteiger partial charge in [-0.05, 0) is 24.6 Å². The van der Waals surface area contributed by atoms with Gasteiger partial charge in [0.05, 0.1) is 0 Å². The molecule has 0 spiro atoms. The van der Waals surface area contributed by atoms with Crippen LogP contribution in [0, 0.1) is 5.92 Å². The third-order valence-corrected chi connectivity index (χ3v) is 3.89. The van der Waals surface area contributed by atoms with Crippen LogP contribution >= 0.6 is 0 Å². The number of likely N-dealkylation sites (N-methyl/N-ethyl adjacent to an activating group) is 1. The van der Waals surface area contributed by atoms with Crippen LogP contribution in [0.1, 0.15) is 21.8 Å². The number of rotatable bonds is 0. The van der Waals surface area contributed by atoms with Gasteiger partial charge in [0.25, 0.3) is 5.91 Å². The molecule has 17 heavy (non-hydrogen) atoms. The number of nitrogens with zero attached hydrogens (tertiary/aromatic N) is 1. The fourth-order valence-electron chi connectivity index (χ4n) is 3.03. The zero-order valence-electron chi connectivity index (χ0n) is 9.76. The lowest BCUT2D eigenvalue weighted by Gasteiger charge is -2.21. The van der Waals surface area contributed by atoms with Crippen LogP contribution < -0.4 is 5.32 Å². The summed E-state index contributed by atoms with van der Waals surface area (Å²) in [5, 5.41) is 13.2. The summed E-state index contributed by atoms with van der Waals surface area (Å²) in [4.78, 5) is 13.9. The maximum Gasteiger partial charge on any atom is 0.251 e. The first-order chi connectivity index (χ1) is 8.18. The molecular weight excluding hydrogens is 216 g/mol. The Morgan fingerprint density at radius 3 is 3.00 bits per heavy atom. The maximum atomic E-state index is 11.9. The molecule has 2 aliphatic rings. The highest BCUT2D eigenvalue weighted by Crippen LogP contribution is 2.38. The predicted molar refractivity (Wildman–Crippen MR) is 63.6 cm³/mol. The Morgan fingerprint density at radius 2 is 2.18 bits per heavy atom. The highest BCUT2D eigenvalue weighted by Gasteiger charge is 2.42. The molecule has 2 N–H and O–H groups in total. The van der Waals surface area contributed by atoms with E-state index in [2.05, 4.69) is 5.32 Å². The quantitative estimate of drug-likeness (QED) is 0.680. The third-order valence-electron chi connectivity index (χ3n) is 3.89. The van der Waals surface area contributed by atoms with Crippen molar-refractivity contribution in [3.8, 4) is 0 Å². The number of benzene rings is 1. The second kappa shape index (κ2) is 3.82. The van der Waals surface area contributed by atoms with Crippen molar-refractivity contribution in [2.24, 2.45) is 5.92 Å². The molecule has 1 fully saturated rings. The van der Waals surface area contributed by atoms with Crippen LogP contribution in [0.25, 0.3) is 0 Å². The molecule has 0 bridgehead atoms. The van der Waals surface area contributed by atoms with Crippen molar-refractivity contribution in [3.05, 3.63) is 35.4 Å². The van der Waals surface area contributed by atoms with Gasteiger partial charge in [0, 0.05) is 24.6 Å². The average Bonchev–Trinajstić information content (AvgIpc) is 2.53.